The third-order valence-electron chi connectivity index (χ3n) is 4.09. The average Bonchev–Trinajstić information content (AvgIpc) is 2.45. The highest BCUT2D eigenvalue weighted by atomic mass is 16.5. The number of hydrogen-bond donors (Lipinski definition) is 1. The summed E-state index contributed by atoms with van der Waals surface area (Å²) in [6.07, 6.45) is 7.97. The highest BCUT2D eigenvalue weighted by Crippen LogP contribution is 2.33. The van der Waals surface area contributed by atoms with Crippen molar-refractivity contribution in [2.24, 2.45) is 11.3 Å². The summed E-state index contributed by atoms with van der Waals surface area (Å²) in [6, 6.07) is 0.723. The van der Waals surface area contributed by atoms with E-state index in [-0.39, 0.29) is 0 Å². The van der Waals surface area contributed by atoms with Crippen LogP contribution in [0.25, 0.3) is 0 Å². The van der Waals surface area contributed by atoms with E-state index < -0.39 is 0 Å². The fourth-order valence-electron chi connectivity index (χ4n) is 2.62. The van der Waals surface area contributed by atoms with Gasteiger partial charge in [0.15, 0.2) is 0 Å². The molecule has 0 aromatic carbocycles. The number of ether oxygens (including phenoxy) is 1. The van der Waals surface area contributed by atoms with Gasteiger partial charge in [0.1, 0.15) is 0 Å². The fourth-order valence-corrected chi connectivity index (χ4v) is 2.62. The van der Waals surface area contributed by atoms with Crippen LogP contribution in [0, 0.1) is 11.3 Å². The van der Waals surface area contributed by atoms with Crippen LogP contribution in [0.4, 0.5) is 0 Å². The van der Waals surface area contributed by atoms with E-state index in [1.807, 2.05) is 0 Å². The van der Waals surface area contributed by atoms with E-state index in [2.05, 4.69) is 33.0 Å². The Kier molecular flexibility index (Phi) is 7.25. The Morgan fingerprint density at radius 1 is 1.17 bits per heavy atom. The molecular weight excluding hydrogens is 222 g/mol. The third-order valence-corrected chi connectivity index (χ3v) is 4.09. The molecule has 1 fully saturated rings. The molecule has 0 bridgehead atoms. The summed E-state index contributed by atoms with van der Waals surface area (Å²) in [5.41, 5.74) is 0.560. The van der Waals surface area contributed by atoms with E-state index in [9.17, 15) is 0 Å². The standard InChI is InChI=1S/C16H33NO/c1-14(2)8-12-18-13-11-17-15-6-5-9-16(3,4)10-7-15/h14-15,17H,5-13H2,1-4H3. The van der Waals surface area contributed by atoms with Crippen LogP contribution in [0.5, 0.6) is 0 Å². The molecule has 0 amide bonds. The molecule has 0 saturated heterocycles. The van der Waals surface area contributed by atoms with Gasteiger partial charge in [-0.1, -0.05) is 34.1 Å². The lowest BCUT2D eigenvalue weighted by Gasteiger charge is -2.22. The quantitative estimate of drug-likeness (QED) is 0.548. The summed E-state index contributed by atoms with van der Waals surface area (Å²) in [5, 5.41) is 3.66. The maximum absolute atomic E-state index is 5.65. The van der Waals surface area contributed by atoms with Crippen LogP contribution in [0.1, 0.15) is 66.2 Å². The van der Waals surface area contributed by atoms with Gasteiger partial charge in [-0.15, -0.1) is 0 Å². The van der Waals surface area contributed by atoms with Crippen LogP contribution in [0.3, 0.4) is 0 Å². The summed E-state index contributed by atoms with van der Waals surface area (Å²) in [6.45, 7) is 12.1. The zero-order valence-corrected chi connectivity index (χ0v) is 12.9. The van der Waals surface area contributed by atoms with Crippen LogP contribution >= 0.6 is 0 Å². The average molecular weight is 255 g/mol. The van der Waals surface area contributed by atoms with Crippen molar-refractivity contribution in [2.45, 2.75) is 72.3 Å². The van der Waals surface area contributed by atoms with E-state index >= 15 is 0 Å². The molecule has 0 spiro atoms. The van der Waals surface area contributed by atoms with Gasteiger partial charge in [-0.05, 0) is 43.4 Å². The minimum Gasteiger partial charge on any atom is -0.380 e. The van der Waals surface area contributed by atoms with Crippen molar-refractivity contribution >= 4 is 0 Å². The van der Waals surface area contributed by atoms with E-state index in [0.717, 1.165) is 31.7 Å². The highest BCUT2D eigenvalue weighted by Gasteiger charge is 2.23. The molecule has 0 heterocycles. The molecule has 1 rings (SSSR count). The summed E-state index contributed by atoms with van der Waals surface area (Å²) in [4.78, 5) is 0. The molecule has 0 aromatic rings. The zero-order valence-electron chi connectivity index (χ0n) is 12.9. The van der Waals surface area contributed by atoms with Gasteiger partial charge in [-0.3, -0.25) is 0 Å². The second-order valence-electron chi connectivity index (χ2n) is 7.04. The van der Waals surface area contributed by atoms with E-state index in [1.54, 1.807) is 0 Å². The van der Waals surface area contributed by atoms with Crippen molar-refractivity contribution in [3.05, 3.63) is 0 Å². The van der Waals surface area contributed by atoms with Crippen molar-refractivity contribution in [2.75, 3.05) is 19.8 Å². The lowest BCUT2D eigenvalue weighted by molar-refractivity contribution is 0.122. The minimum atomic E-state index is 0.560. The summed E-state index contributed by atoms with van der Waals surface area (Å²) in [7, 11) is 0. The second-order valence-corrected chi connectivity index (χ2v) is 7.04. The molecule has 1 atom stereocenters. The first-order valence-corrected chi connectivity index (χ1v) is 7.81. The van der Waals surface area contributed by atoms with Crippen molar-refractivity contribution in [1.82, 2.24) is 5.32 Å². The predicted octanol–water partition coefficient (Wildman–Crippen LogP) is 4.00. The van der Waals surface area contributed by atoms with Crippen LogP contribution in [0.2, 0.25) is 0 Å². The predicted molar refractivity (Wildman–Crippen MR) is 78.9 cm³/mol. The lowest BCUT2D eigenvalue weighted by Crippen LogP contribution is -2.31. The van der Waals surface area contributed by atoms with Crippen molar-refractivity contribution in [3.8, 4) is 0 Å². The highest BCUT2D eigenvalue weighted by molar-refractivity contribution is 4.79. The smallest absolute Gasteiger partial charge is 0.0591 e. The largest absolute Gasteiger partial charge is 0.380 e. The summed E-state index contributed by atoms with van der Waals surface area (Å²) < 4.78 is 5.65. The van der Waals surface area contributed by atoms with Gasteiger partial charge in [0.2, 0.25) is 0 Å². The molecule has 2 nitrogen and oxygen atoms in total. The summed E-state index contributed by atoms with van der Waals surface area (Å²) in [5.74, 6) is 0.752. The number of hydrogen-bond acceptors (Lipinski definition) is 2. The first-order chi connectivity index (χ1) is 8.49. The zero-order chi connectivity index (χ0) is 13.4. The normalized spacial score (nSPS) is 24.2. The van der Waals surface area contributed by atoms with Crippen molar-refractivity contribution in [3.63, 3.8) is 0 Å². The molecular formula is C16H33NO. The number of rotatable bonds is 7. The van der Waals surface area contributed by atoms with Gasteiger partial charge in [0, 0.05) is 19.2 Å². The van der Waals surface area contributed by atoms with Crippen molar-refractivity contribution < 1.29 is 4.74 Å². The molecule has 2 heteroatoms. The van der Waals surface area contributed by atoms with E-state index in [4.69, 9.17) is 4.74 Å². The second kappa shape index (κ2) is 8.16. The molecule has 1 aliphatic carbocycles. The maximum atomic E-state index is 5.65. The Labute approximate surface area is 114 Å². The monoisotopic (exact) mass is 255 g/mol. The van der Waals surface area contributed by atoms with E-state index in [0.29, 0.717) is 5.41 Å². The van der Waals surface area contributed by atoms with Crippen LogP contribution < -0.4 is 5.32 Å². The Morgan fingerprint density at radius 3 is 2.67 bits per heavy atom. The van der Waals surface area contributed by atoms with Gasteiger partial charge >= 0.3 is 0 Å². The Hall–Kier alpha value is -0.0800. The maximum Gasteiger partial charge on any atom is 0.0591 e. The third kappa shape index (κ3) is 7.38. The first kappa shape index (κ1) is 16.0. The molecule has 1 aliphatic rings. The molecule has 1 N–H and O–H groups in total. The van der Waals surface area contributed by atoms with Crippen LogP contribution in [0.15, 0.2) is 0 Å². The topological polar surface area (TPSA) is 21.3 Å². The molecule has 1 unspecified atom stereocenters. The van der Waals surface area contributed by atoms with E-state index in [1.165, 1.54) is 38.5 Å². The summed E-state index contributed by atoms with van der Waals surface area (Å²) >= 11 is 0. The Bertz CT molecular complexity index is 213. The van der Waals surface area contributed by atoms with Crippen molar-refractivity contribution in [1.29, 1.82) is 0 Å². The van der Waals surface area contributed by atoms with Crippen LogP contribution in [-0.4, -0.2) is 25.8 Å². The van der Waals surface area contributed by atoms with Gasteiger partial charge in [0.05, 0.1) is 6.61 Å². The Morgan fingerprint density at radius 2 is 1.94 bits per heavy atom. The molecule has 108 valence electrons. The number of nitrogens with one attached hydrogen (secondary N) is 1. The lowest BCUT2D eigenvalue weighted by atomic mass is 9.85. The van der Waals surface area contributed by atoms with Crippen LogP contribution in [-0.2, 0) is 4.74 Å². The molecule has 0 aromatic heterocycles. The van der Waals surface area contributed by atoms with Gasteiger partial charge in [-0.25, -0.2) is 0 Å². The molecule has 1 saturated carbocycles. The first-order valence-electron chi connectivity index (χ1n) is 7.81. The van der Waals surface area contributed by atoms with Gasteiger partial charge in [0.25, 0.3) is 0 Å². The van der Waals surface area contributed by atoms with Gasteiger partial charge in [-0.2, -0.15) is 0 Å². The SMILES string of the molecule is CC(C)CCOCCNC1CCCC(C)(C)CC1. The fraction of sp³-hybridized carbons (Fsp3) is 1.00. The molecule has 0 aliphatic heterocycles. The minimum absolute atomic E-state index is 0.560. The Balaban J connectivity index is 2.02. The molecule has 18 heavy (non-hydrogen) atoms. The molecule has 0 radical (unpaired) electrons. The van der Waals surface area contributed by atoms with Gasteiger partial charge < -0.3 is 10.1 Å².